The molecule has 2 aliphatic heterocycles. The summed E-state index contributed by atoms with van der Waals surface area (Å²) in [5, 5.41) is 8.42. The van der Waals surface area contributed by atoms with Gasteiger partial charge in [0.15, 0.2) is 6.04 Å². The normalized spacial score (nSPS) is 24.3. The number of carbonyl (C=O) groups is 1. The molecule has 0 saturated carbocycles. The fourth-order valence-corrected chi connectivity index (χ4v) is 5.21. The molecule has 1 N–H and O–H groups in total. The molecule has 2 aliphatic rings. The molecule has 0 bridgehead atoms. The van der Waals surface area contributed by atoms with E-state index in [1.807, 2.05) is 27.7 Å². The first-order valence-electron chi connectivity index (χ1n) is 10.2. The number of carbonyl (C=O) groups excluding carboxylic acids is 1. The van der Waals surface area contributed by atoms with E-state index < -0.39 is 12.2 Å². The van der Waals surface area contributed by atoms with Crippen molar-refractivity contribution in [3.05, 3.63) is 27.3 Å². The monoisotopic (exact) mass is 441 g/mol. The molecule has 30 heavy (non-hydrogen) atoms. The van der Waals surface area contributed by atoms with Crippen molar-refractivity contribution in [2.75, 3.05) is 18.4 Å². The van der Waals surface area contributed by atoms with Gasteiger partial charge in [0, 0.05) is 31.1 Å². The second kappa shape index (κ2) is 7.55. The summed E-state index contributed by atoms with van der Waals surface area (Å²) in [5.41, 5.74) is 1.34. The van der Waals surface area contributed by atoms with Gasteiger partial charge in [-0.05, 0) is 32.6 Å². The Hall–Kier alpha value is -2.10. The largest absolute Gasteiger partial charge is 0.410 e. The number of anilines is 1. The average molecular weight is 442 g/mol. The number of aryl methyl sites for hydroxylation is 2. The van der Waals surface area contributed by atoms with Crippen LogP contribution < -0.4 is 5.32 Å². The van der Waals surface area contributed by atoms with Crippen LogP contribution >= 0.6 is 11.3 Å². The molecule has 1 fully saturated rings. The molecule has 1 unspecified atom stereocenters. The quantitative estimate of drug-likeness (QED) is 0.760. The van der Waals surface area contributed by atoms with Gasteiger partial charge in [0.25, 0.3) is 5.91 Å². The van der Waals surface area contributed by atoms with Crippen molar-refractivity contribution in [1.29, 1.82) is 0 Å². The molecule has 164 valence electrons. The van der Waals surface area contributed by atoms with Crippen LogP contribution in [-0.4, -0.2) is 50.9 Å². The number of hydrogen-bond acceptors (Lipinski definition) is 5. The summed E-state index contributed by atoms with van der Waals surface area (Å²) >= 11 is 1.38. The number of rotatable bonds is 3. The Labute approximate surface area is 177 Å². The van der Waals surface area contributed by atoms with Crippen LogP contribution in [0.15, 0.2) is 6.07 Å². The lowest BCUT2D eigenvalue weighted by molar-refractivity contribution is -0.174. The summed E-state index contributed by atoms with van der Waals surface area (Å²) in [6.45, 7) is 8.54. The number of aromatic nitrogens is 3. The van der Waals surface area contributed by atoms with Gasteiger partial charge in [0.05, 0.1) is 16.4 Å². The summed E-state index contributed by atoms with van der Waals surface area (Å²) in [6.07, 6.45) is -3.70. The molecule has 1 amide bonds. The third kappa shape index (κ3) is 3.81. The molecule has 10 heteroatoms. The maximum Gasteiger partial charge on any atom is 0.410 e. The lowest BCUT2D eigenvalue weighted by Crippen LogP contribution is -2.41. The van der Waals surface area contributed by atoms with E-state index in [2.05, 4.69) is 15.4 Å². The predicted octanol–water partition coefficient (Wildman–Crippen LogP) is 4.53. The van der Waals surface area contributed by atoms with Crippen LogP contribution in [0.5, 0.6) is 0 Å². The third-order valence-corrected chi connectivity index (χ3v) is 7.10. The standard InChI is InChI=1S/C20H26F3N5OS/c1-10(2)14-7-16(20(21,22)23)28-17(25-14)8-15(26-28)13-5-6-27(9-13)19(29)18-11(3)24-12(4)30-18/h8,10,13-14,16,25H,5-7,9H2,1-4H3/t13?,14-,16+/m0/s1. The summed E-state index contributed by atoms with van der Waals surface area (Å²) in [7, 11) is 0. The first-order chi connectivity index (χ1) is 14.0. The zero-order valence-electron chi connectivity index (χ0n) is 17.5. The highest BCUT2D eigenvalue weighted by Crippen LogP contribution is 2.42. The first-order valence-corrected chi connectivity index (χ1v) is 11.0. The molecule has 0 radical (unpaired) electrons. The number of amides is 1. The highest BCUT2D eigenvalue weighted by molar-refractivity contribution is 7.13. The minimum absolute atomic E-state index is 0.0332. The van der Waals surface area contributed by atoms with E-state index in [1.165, 1.54) is 11.3 Å². The van der Waals surface area contributed by atoms with Gasteiger partial charge >= 0.3 is 6.18 Å². The topological polar surface area (TPSA) is 63.1 Å². The van der Waals surface area contributed by atoms with Crippen LogP contribution in [-0.2, 0) is 0 Å². The minimum atomic E-state index is -4.35. The molecule has 1 saturated heterocycles. The Balaban J connectivity index is 1.55. The summed E-state index contributed by atoms with van der Waals surface area (Å²) in [4.78, 5) is 19.6. The molecule has 2 aromatic heterocycles. The van der Waals surface area contributed by atoms with Crippen LogP contribution in [0.2, 0.25) is 0 Å². The van der Waals surface area contributed by atoms with Crippen molar-refractivity contribution in [3.63, 3.8) is 0 Å². The number of nitrogens with zero attached hydrogens (tertiary/aromatic N) is 4. The van der Waals surface area contributed by atoms with Crippen molar-refractivity contribution in [1.82, 2.24) is 19.7 Å². The molecule has 4 heterocycles. The second-order valence-electron chi connectivity index (χ2n) is 8.57. The van der Waals surface area contributed by atoms with E-state index in [-0.39, 0.29) is 30.2 Å². The Bertz CT molecular complexity index is 951. The third-order valence-electron chi connectivity index (χ3n) is 6.03. The van der Waals surface area contributed by atoms with E-state index in [4.69, 9.17) is 0 Å². The minimum Gasteiger partial charge on any atom is -0.367 e. The number of fused-ring (bicyclic) bond motifs is 1. The molecule has 0 aliphatic carbocycles. The van der Waals surface area contributed by atoms with Crippen molar-refractivity contribution >= 4 is 23.1 Å². The molecule has 0 aromatic carbocycles. The van der Waals surface area contributed by atoms with E-state index in [0.717, 1.165) is 15.4 Å². The van der Waals surface area contributed by atoms with Gasteiger partial charge in [0.2, 0.25) is 0 Å². The number of likely N-dealkylation sites (tertiary alicyclic amines) is 1. The number of alkyl halides is 3. The van der Waals surface area contributed by atoms with Crippen LogP contribution in [0.3, 0.4) is 0 Å². The van der Waals surface area contributed by atoms with Gasteiger partial charge in [-0.3, -0.25) is 4.79 Å². The van der Waals surface area contributed by atoms with Crippen molar-refractivity contribution in [2.24, 2.45) is 5.92 Å². The smallest absolute Gasteiger partial charge is 0.367 e. The van der Waals surface area contributed by atoms with Gasteiger partial charge in [-0.25, -0.2) is 9.67 Å². The molecular weight excluding hydrogens is 415 g/mol. The number of thiazole rings is 1. The number of halogens is 3. The van der Waals surface area contributed by atoms with Gasteiger partial charge < -0.3 is 10.2 Å². The average Bonchev–Trinajstić information content (AvgIpc) is 3.36. The molecule has 3 atom stereocenters. The van der Waals surface area contributed by atoms with E-state index in [0.29, 0.717) is 35.9 Å². The lowest BCUT2D eigenvalue weighted by Gasteiger charge is -2.35. The van der Waals surface area contributed by atoms with Gasteiger partial charge in [-0.2, -0.15) is 18.3 Å². The molecule has 4 rings (SSSR count). The van der Waals surface area contributed by atoms with Crippen molar-refractivity contribution in [3.8, 4) is 0 Å². The van der Waals surface area contributed by atoms with Crippen molar-refractivity contribution < 1.29 is 18.0 Å². The first kappa shape index (κ1) is 21.1. The Kier molecular flexibility index (Phi) is 5.32. The maximum absolute atomic E-state index is 13.7. The fraction of sp³-hybridized carbons (Fsp3) is 0.650. The highest BCUT2D eigenvalue weighted by Gasteiger charge is 2.47. The highest BCUT2D eigenvalue weighted by atomic mass is 32.1. The zero-order valence-corrected chi connectivity index (χ0v) is 18.3. The van der Waals surface area contributed by atoms with Gasteiger partial charge in [-0.1, -0.05) is 13.8 Å². The summed E-state index contributed by atoms with van der Waals surface area (Å²) in [6, 6.07) is -0.154. The van der Waals surface area contributed by atoms with Gasteiger partial charge in [-0.15, -0.1) is 11.3 Å². The zero-order chi connectivity index (χ0) is 21.8. The van der Waals surface area contributed by atoms with Gasteiger partial charge in [0.1, 0.15) is 10.7 Å². The molecule has 0 spiro atoms. The predicted molar refractivity (Wildman–Crippen MR) is 109 cm³/mol. The van der Waals surface area contributed by atoms with Crippen LogP contribution in [0.25, 0.3) is 0 Å². The Morgan fingerprint density at radius 3 is 2.67 bits per heavy atom. The molecular formula is C20H26F3N5OS. The molecule has 2 aromatic rings. The molecule has 6 nitrogen and oxygen atoms in total. The number of hydrogen-bond donors (Lipinski definition) is 1. The Morgan fingerprint density at radius 1 is 1.33 bits per heavy atom. The lowest BCUT2D eigenvalue weighted by atomic mass is 9.94. The second-order valence-corrected chi connectivity index (χ2v) is 9.77. The van der Waals surface area contributed by atoms with Crippen molar-refractivity contribution in [2.45, 2.75) is 64.7 Å². The fourth-order valence-electron chi connectivity index (χ4n) is 4.32. The Morgan fingerprint density at radius 2 is 2.07 bits per heavy atom. The SMILES string of the molecule is Cc1nc(C)c(C(=O)N2CCC(c3cc4n(n3)[C@@H](C(F)(F)F)C[C@@H](C(C)C)N4)C2)s1. The number of nitrogens with one attached hydrogen (secondary N) is 1. The van der Waals surface area contributed by atoms with Crippen LogP contribution in [0.4, 0.5) is 19.0 Å². The maximum atomic E-state index is 13.7. The van der Waals surface area contributed by atoms with E-state index >= 15 is 0 Å². The van der Waals surface area contributed by atoms with E-state index in [1.54, 1.807) is 11.0 Å². The summed E-state index contributed by atoms with van der Waals surface area (Å²) < 4.78 is 42.2. The summed E-state index contributed by atoms with van der Waals surface area (Å²) in [5.74, 6) is 0.355. The van der Waals surface area contributed by atoms with Crippen LogP contribution in [0.1, 0.15) is 64.7 Å². The van der Waals surface area contributed by atoms with E-state index in [9.17, 15) is 18.0 Å². The van der Waals surface area contributed by atoms with Crippen LogP contribution in [0, 0.1) is 19.8 Å².